The summed E-state index contributed by atoms with van der Waals surface area (Å²) in [7, 11) is 0. The smallest absolute Gasteiger partial charge is 0.101 e. The van der Waals surface area contributed by atoms with Gasteiger partial charge >= 0.3 is 0 Å². The van der Waals surface area contributed by atoms with Gasteiger partial charge in [-0.2, -0.15) is 6.42 Å². The molecular formula is C21H30CoN5O4-. The third-order valence-corrected chi connectivity index (χ3v) is 3.35. The quantitative estimate of drug-likeness (QED) is 0.223. The minimum atomic E-state index is 0. The van der Waals surface area contributed by atoms with Gasteiger partial charge in [0.1, 0.15) is 22.8 Å². The van der Waals surface area contributed by atoms with Crippen molar-refractivity contribution in [2.75, 3.05) is 0 Å². The van der Waals surface area contributed by atoms with Crippen molar-refractivity contribution in [3.8, 4) is 0 Å². The molecule has 0 bridgehead atoms. The minimum absolute atomic E-state index is 0. The molecule has 4 N–H and O–H groups in total. The molecule has 173 valence electrons. The molecule has 2 aromatic rings. The van der Waals surface area contributed by atoms with E-state index in [0.717, 1.165) is 6.42 Å². The molecule has 0 aliphatic carbocycles. The van der Waals surface area contributed by atoms with Gasteiger partial charge in [0.25, 0.3) is 0 Å². The summed E-state index contributed by atoms with van der Waals surface area (Å²) in [5.41, 5.74) is 2.55. The molecule has 0 atom stereocenters. The number of hydrogen-bond donors (Lipinski definition) is 4. The molecule has 2 rings (SSSR count). The van der Waals surface area contributed by atoms with E-state index in [0.29, 0.717) is 22.8 Å². The summed E-state index contributed by atoms with van der Waals surface area (Å²) >= 11 is 0. The van der Waals surface area contributed by atoms with E-state index in [1.807, 2.05) is 36.4 Å². The molecule has 0 saturated heterocycles. The van der Waals surface area contributed by atoms with Gasteiger partial charge in [0.2, 0.25) is 0 Å². The molecule has 31 heavy (non-hydrogen) atoms. The average Bonchev–Trinajstić information content (AvgIpc) is 2.84. The van der Waals surface area contributed by atoms with Gasteiger partial charge in [-0.3, -0.25) is 4.98 Å². The topological polar surface area (TPSA) is 143 Å². The van der Waals surface area contributed by atoms with Crippen LogP contribution in [0.5, 0.6) is 0 Å². The summed E-state index contributed by atoms with van der Waals surface area (Å²) in [5, 5.41) is 43.3. The van der Waals surface area contributed by atoms with Gasteiger partial charge in [-0.05, 0) is 39.8 Å². The molecule has 10 heteroatoms. The minimum Gasteiger partial charge on any atom is -0.411 e. The van der Waals surface area contributed by atoms with Gasteiger partial charge in [-0.25, -0.2) is 0 Å². The van der Waals surface area contributed by atoms with E-state index in [-0.39, 0.29) is 16.8 Å². The fourth-order valence-corrected chi connectivity index (χ4v) is 1.25. The zero-order valence-electron chi connectivity index (χ0n) is 18.0. The van der Waals surface area contributed by atoms with E-state index in [1.165, 1.54) is 33.3 Å². The first-order valence-corrected chi connectivity index (χ1v) is 8.81. The standard InChI is InChI=1S/C8H9.C5H5N.2C4H8N2O2.Co/c1-2-8-6-4-3-5-7-8;1-2-4-6-5-3-1;2*1-3(5-7)4(2)6-8;/h3-7H,1-2H2;1-5H;2*7-8H,1-2H3;/q-1;;;;/b;;2*5-3+,6-4+;. The average molecular weight is 475 g/mol. The predicted octanol–water partition coefficient (Wildman–Crippen LogP) is 4.52. The number of hydrogen-bond acceptors (Lipinski definition) is 9. The molecule has 0 amide bonds. The van der Waals surface area contributed by atoms with E-state index in [1.54, 1.807) is 12.4 Å². The molecule has 0 aliphatic heterocycles. The molecule has 1 radical (unpaired) electrons. The van der Waals surface area contributed by atoms with E-state index < -0.39 is 0 Å². The molecular weight excluding hydrogens is 445 g/mol. The van der Waals surface area contributed by atoms with Gasteiger partial charge in [0.05, 0.1) is 0 Å². The number of rotatable bonds is 3. The Kier molecular flexibility index (Phi) is 24.1. The number of aromatic nitrogens is 1. The van der Waals surface area contributed by atoms with E-state index >= 15 is 0 Å². The molecule has 0 saturated carbocycles. The van der Waals surface area contributed by atoms with E-state index in [2.05, 4.69) is 44.7 Å². The number of oxime groups is 4. The van der Waals surface area contributed by atoms with Crippen LogP contribution >= 0.6 is 0 Å². The summed E-state index contributed by atoms with van der Waals surface area (Å²) in [6.07, 6.45) is 4.39. The summed E-state index contributed by atoms with van der Waals surface area (Å²) in [4.78, 5) is 3.78. The van der Waals surface area contributed by atoms with Crippen LogP contribution in [-0.2, 0) is 23.2 Å². The van der Waals surface area contributed by atoms with Crippen LogP contribution in [0.3, 0.4) is 0 Å². The van der Waals surface area contributed by atoms with E-state index in [9.17, 15) is 0 Å². The number of nitrogens with zero attached hydrogens (tertiary/aromatic N) is 5. The summed E-state index contributed by atoms with van der Waals surface area (Å²) in [6.45, 7) is 9.90. The van der Waals surface area contributed by atoms with Crippen LogP contribution in [0.1, 0.15) is 33.3 Å². The second kappa shape index (κ2) is 23.0. The Morgan fingerprint density at radius 2 is 1.00 bits per heavy atom. The molecule has 0 unspecified atom stereocenters. The second-order valence-electron chi connectivity index (χ2n) is 5.50. The third kappa shape index (κ3) is 19.8. The van der Waals surface area contributed by atoms with Crippen molar-refractivity contribution in [1.29, 1.82) is 0 Å². The maximum absolute atomic E-state index is 8.03. The second-order valence-corrected chi connectivity index (χ2v) is 5.50. The molecule has 9 nitrogen and oxygen atoms in total. The Morgan fingerprint density at radius 3 is 1.16 bits per heavy atom. The van der Waals surface area contributed by atoms with Gasteiger partial charge in [0.15, 0.2) is 0 Å². The first kappa shape index (κ1) is 32.4. The Morgan fingerprint density at radius 1 is 0.677 bits per heavy atom. The monoisotopic (exact) mass is 475 g/mol. The Labute approximate surface area is 193 Å². The van der Waals surface area contributed by atoms with Crippen molar-refractivity contribution < 1.29 is 37.6 Å². The van der Waals surface area contributed by atoms with Crippen LogP contribution in [0.15, 0.2) is 81.5 Å². The van der Waals surface area contributed by atoms with E-state index in [4.69, 9.17) is 20.8 Å². The van der Waals surface area contributed by atoms with Gasteiger partial charge < -0.3 is 27.8 Å². The third-order valence-electron chi connectivity index (χ3n) is 3.35. The van der Waals surface area contributed by atoms with Crippen LogP contribution < -0.4 is 0 Å². The van der Waals surface area contributed by atoms with Crippen molar-refractivity contribution in [3.05, 3.63) is 73.4 Å². The normalized spacial score (nSPS) is 11.3. The first-order chi connectivity index (χ1) is 14.4. The van der Waals surface area contributed by atoms with Crippen LogP contribution in [-0.4, -0.2) is 48.7 Å². The zero-order chi connectivity index (χ0) is 23.2. The fraction of sp³-hybridized carbons (Fsp3) is 0.238. The Hall–Kier alpha value is -3.24. The van der Waals surface area contributed by atoms with Crippen LogP contribution in [0.2, 0.25) is 0 Å². The Balaban J connectivity index is -0.000000335. The molecule has 0 aliphatic rings. The van der Waals surface area contributed by atoms with Crippen molar-refractivity contribution in [2.24, 2.45) is 20.6 Å². The van der Waals surface area contributed by atoms with Gasteiger partial charge in [-0.1, -0.05) is 62.6 Å². The van der Waals surface area contributed by atoms with Crippen LogP contribution in [0.4, 0.5) is 0 Å². The van der Waals surface area contributed by atoms with Gasteiger partial charge in [-0.15, -0.1) is 0 Å². The van der Waals surface area contributed by atoms with Crippen LogP contribution in [0.25, 0.3) is 0 Å². The molecule has 1 heterocycles. The molecule has 0 fully saturated rings. The maximum Gasteiger partial charge on any atom is 0.101 e. The fourth-order valence-electron chi connectivity index (χ4n) is 1.25. The van der Waals surface area contributed by atoms with Crippen molar-refractivity contribution in [2.45, 2.75) is 34.1 Å². The zero-order valence-corrected chi connectivity index (χ0v) is 19.1. The summed E-state index contributed by atoms with van der Waals surface area (Å²) in [5.74, 6) is 0. The largest absolute Gasteiger partial charge is 0.411 e. The molecule has 1 aromatic carbocycles. The number of benzene rings is 1. The molecule has 1 aromatic heterocycles. The first-order valence-electron chi connectivity index (χ1n) is 8.81. The van der Waals surface area contributed by atoms with Crippen molar-refractivity contribution in [3.63, 3.8) is 0 Å². The van der Waals surface area contributed by atoms with Crippen molar-refractivity contribution >= 4 is 22.8 Å². The predicted molar refractivity (Wildman–Crippen MR) is 119 cm³/mol. The SMILES string of the molecule is CC(=N\O)/C(C)=N/O.CC(=N\O)/C(C)=N/O.[CH2-]Cc1ccccc1.[Co].c1ccncc1. The number of pyridine rings is 1. The summed E-state index contributed by atoms with van der Waals surface area (Å²) < 4.78 is 0. The van der Waals surface area contributed by atoms with Crippen LogP contribution in [0, 0.1) is 6.92 Å². The van der Waals surface area contributed by atoms with Crippen molar-refractivity contribution in [1.82, 2.24) is 4.98 Å². The Bertz CT molecular complexity index is 692. The van der Waals surface area contributed by atoms with Gasteiger partial charge in [0, 0.05) is 29.2 Å². The summed E-state index contributed by atoms with van der Waals surface area (Å²) in [6, 6.07) is 15.9. The molecule has 0 spiro atoms. The maximum atomic E-state index is 8.03.